The van der Waals surface area contributed by atoms with Gasteiger partial charge in [-0.25, -0.2) is 0 Å². The molecule has 2 aromatic rings. The van der Waals surface area contributed by atoms with Crippen molar-refractivity contribution in [3.05, 3.63) is 35.0 Å². The molecule has 2 bridgehead atoms. The molecule has 150 valence electrons. The molecule has 6 nitrogen and oxygen atoms in total. The summed E-state index contributed by atoms with van der Waals surface area (Å²) in [5.41, 5.74) is 4.19. The summed E-state index contributed by atoms with van der Waals surface area (Å²) < 4.78 is 0. The molecule has 5 rings (SSSR count). The SMILES string of the molecule is Cc1[nH]c2ccc(C(=O)N3C[C@H]4CC[C@@H]3CN(CC(=O)N(C)C)C4)cc2c1C. The first kappa shape index (κ1) is 19.0. The van der Waals surface area contributed by atoms with Gasteiger partial charge in [0.1, 0.15) is 0 Å². The maximum Gasteiger partial charge on any atom is 0.254 e. The maximum absolute atomic E-state index is 13.4. The van der Waals surface area contributed by atoms with Crippen molar-refractivity contribution in [2.24, 2.45) is 5.92 Å². The van der Waals surface area contributed by atoms with Gasteiger partial charge < -0.3 is 14.8 Å². The zero-order valence-corrected chi connectivity index (χ0v) is 17.3. The van der Waals surface area contributed by atoms with Crippen molar-refractivity contribution in [1.82, 2.24) is 19.7 Å². The van der Waals surface area contributed by atoms with Gasteiger partial charge in [-0.1, -0.05) is 0 Å². The Hall–Kier alpha value is -2.34. The molecule has 3 aliphatic rings. The van der Waals surface area contributed by atoms with Crippen molar-refractivity contribution in [1.29, 1.82) is 0 Å². The number of hydrogen-bond acceptors (Lipinski definition) is 3. The maximum atomic E-state index is 13.4. The van der Waals surface area contributed by atoms with Crippen molar-refractivity contribution in [2.75, 3.05) is 40.3 Å². The topological polar surface area (TPSA) is 59.7 Å². The Morgan fingerprint density at radius 3 is 2.68 bits per heavy atom. The lowest BCUT2D eigenvalue weighted by atomic mass is 9.94. The van der Waals surface area contributed by atoms with Gasteiger partial charge in [0.2, 0.25) is 5.91 Å². The van der Waals surface area contributed by atoms with E-state index in [1.165, 1.54) is 5.56 Å². The first-order valence-corrected chi connectivity index (χ1v) is 10.2. The molecule has 1 aromatic heterocycles. The Kier molecular flexibility index (Phi) is 4.91. The first-order valence-electron chi connectivity index (χ1n) is 10.2. The van der Waals surface area contributed by atoms with Gasteiger partial charge in [-0.3, -0.25) is 14.5 Å². The average Bonchev–Trinajstić information content (AvgIpc) is 2.83. The molecule has 0 saturated carbocycles. The summed E-state index contributed by atoms with van der Waals surface area (Å²) in [7, 11) is 3.59. The Morgan fingerprint density at radius 2 is 1.93 bits per heavy atom. The number of nitrogens with zero attached hydrogens (tertiary/aromatic N) is 3. The Labute approximate surface area is 166 Å². The molecule has 3 saturated heterocycles. The minimum atomic E-state index is 0.121. The summed E-state index contributed by atoms with van der Waals surface area (Å²) in [6, 6.07) is 6.17. The van der Waals surface area contributed by atoms with Gasteiger partial charge in [0, 0.05) is 61.9 Å². The van der Waals surface area contributed by atoms with Crippen molar-refractivity contribution in [3.63, 3.8) is 0 Å². The fourth-order valence-electron chi connectivity index (χ4n) is 4.65. The number of piperidine rings is 1. The van der Waals surface area contributed by atoms with E-state index in [0.29, 0.717) is 12.5 Å². The zero-order chi connectivity index (χ0) is 20.0. The fraction of sp³-hybridized carbons (Fsp3) is 0.545. The number of carbonyl (C=O) groups excluding carboxylic acids is 2. The van der Waals surface area contributed by atoms with Gasteiger partial charge in [0.15, 0.2) is 0 Å². The van der Waals surface area contributed by atoms with Crippen molar-refractivity contribution >= 4 is 22.7 Å². The van der Waals surface area contributed by atoms with Gasteiger partial charge in [0.25, 0.3) is 5.91 Å². The van der Waals surface area contributed by atoms with E-state index in [1.807, 2.05) is 18.2 Å². The van der Waals surface area contributed by atoms with Crippen LogP contribution in [0.2, 0.25) is 0 Å². The Bertz CT molecular complexity index is 917. The van der Waals surface area contributed by atoms with Crippen LogP contribution in [0.1, 0.15) is 34.5 Å². The van der Waals surface area contributed by atoms with Crippen LogP contribution in [0.4, 0.5) is 0 Å². The standard InChI is InChI=1S/C22H30N4O2/c1-14-15(2)23-20-8-6-17(9-19(14)20)22(28)26-11-16-5-7-18(26)12-25(10-16)13-21(27)24(3)4/h6,8-9,16,18,23H,5,7,10-13H2,1-4H3/t16-,18+/m0/s1. The molecule has 1 N–H and O–H groups in total. The van der Waals surface area contributed by atoms with E-state index in [-0.39, 0.29) is 17.9 Å². The second kappa shape index (κ2) is 7.24. The number of carbonyl (C=O) groups is 2. The molecule has 0 radical (unpaired) electrons. The summed E-state index contributed by atoms with van der Waals surface area (Å²) in [4.78, 5) is 34.8. The smallest absolute Gasteiger partial charge is 0.254 e. The van der Waals surface area contributed by atoms with E-state index in [1.54, 1.807) is 19.0 Å². The summed E-state index contributed by atoms with van der Waals surface area (Å²) in [6.07, 6.45) is 2.16. The molecule has 0 aliphatic carbocycles. The third kappa shape index (κ3) is 3.41. The fourth-order valence-corrected chi connectivity index (χ4v) is 4.65. The van der Waals surface area contributed by atoms with Crippen LogP contribution in [-0.2, 0) is 4.79 Å². The lowest BCUT2D eigenvalue weighted by Crippen LogP contribution is -2.47. The largest absolute Gasteiger partial charge is 0.358 e. The number of aromatic nitrogens is 1. The molecular formula is C22H30N4O2. The van der Waals surface area contributed by atoms with Crippen LogP contribution < -0.4 is 0 Å². The summed E-state index contributed by atoms with van der Waals surface area (Å²) in [5, 5.41) is 1.13. The molecule has 2 atom stereocenters. The van der Waals surface area contributed by atoms with Crippen molar-refractivity contribution < 1.29 is 9.59 Å². The van der Waals surface area contributed by atoms with Crippen molar-refractivity contribution in [3.8, 4) is 0 Å². The highest BCUT2D eigenvalue weighted by atomic mass is 16.2. The number of fused-ring (bicyclic) bond motifs is 5. The van der Waals surface area contributed by atoms with Crippen molar-refractivity contribution in [2.45, 2.75) is 32.7 Å². The molecule has 3 fully saturated rings. The van der Waals surface area contributed by atoms with Crippen LogP contribution in [0.5, 0.6) is 0 Å². The highest BCUT2D eigenvalue weighted by Gasteiger charge is 2.38. The van der Waals surface area contributed by atoms with Crippen LogP contribution in [0, 0.1) is 19.8 Å². The van der Waals surface area contributed by atoms with Gasteiger partial charge in [-0.2, -0.15) is 0 Å². The first-order chi connectivity index (χ1) is 13.3. The van der Waals surface area contributed by atoms with Gasteiger partial charge >= 0.3 is 0 Å². The predicted octanol–water partition coefficient (Wildman–Crippen LogP) is 2.41. The monoisotopic (exact) mass is 382 g/mol. The molecule has 3 aliphatic heterocycles. The second-order valence-corrected chi connectivity index (χ2v) is 8.67. The summed E-state index contributed by atoms with van der Waals surface area (Å²) >= 11 is 0. The second-order valence-electron chi connectivity index (χ2n) is 8.67. The number of amides is 2. The highest BCUT2D eigenvalue weighted by molar-refractivity contribution is 5.99. The number of benzene rings is 1. The van der Waals surface area contributed by atoms with Crippen LogP contribution in [0.3, 0.4) is 0 Å². The van der Waals surface area contributed by atoms with E-state index in [0.717, 1.165) is 54.6 Å². The molecule has 0 unspecified atom stereocenters. The number of hydrogen-bond donors (Lipinski definition) is 1. The molecular weight excluding hydrogens is 352 g/mol. The zero-order valence-electron chi connectivity index (χ0n) is 17.3. The number of nitrogens with one attached hydrogen (secondary N) is 1. The number of H-pyrrole nitrogens is 1. The summed E-state index contributed by atoms with van der Waals surface area (Å²) in [5.74, 6) is 0.691. The molecule has 6 heteroatoms. The molecule has 4 heterocycles. The van der Waals surface area contributed by atoms with E-state index in [4.69, 9.17) is 0 Å². The minimum Gasteiger partial charge on any atom is -0.358 e. The van der Waals surface area contributed by atoms with Gasteiger partial charge in [-0.15, -0.1) is 0 Å². The number of aryl methyl sites for hydroxylation is 2. The van der Waals surface area contributed by atoms with Crippen LogP contribution in [-0.4, -0.2) is 77.8 Å². The van der Waals surface area contributed by atoms with E-state index in [2.05, 4.69) is 28.6 Å². The minimum absolute atomic E-state index is 0.121. The Balaban J connectivity index is 1.55. The normalized spacial score (nSPS) is 22.5. The lowest BCUT2D eigenvalue weighted by Gasteiger charge is -2.36. The summed E-state index contributed by atoms with van der Waals surface area (Å²) in [6.45, 7) is 7.07. The number of rotatable bonds is 3. The van der Waals surface area contributed by atoms with E-state index >= 15 is 0 Å². The van der Waals surface area contributed by atoms with Gasteiger partial charge in [-0.05, 0) is 56.4 Å². The molecule has 28 heavy (non-hydrogen) atoms. The molecule has 1 aromatic carbocycles. The van der Waals surface area contributed by atoms with Crippen LogP contribution in [0.15, 0.2) is 18.2 Å². The predicted molar refractivity (Wildman–Crippen MR) is 110 cm³/mol. The third-order valence-electron chi connectivity index (χ3n) is 6.46. The van der Waals surface area contributed by atoms with Gasteiger partial charge in [0.05, 0.1) is 6.54 Å². The van der Waals surface area contributed by atoms with E-state index < -0.39 is 0 Å². The lowest BCUT2D eigenvalue weighted by molar-refractivity contribution is -0.129. The third-order valence-corrected chi connectivity index (χ3v) is 6.46. The van der Waals surface area contributed by atoms with E-state index in [9.17, 15) is 9.59 Å². The average molecular weight is 383 g/mol. The number of aromatic amines is 1. The Morgan fingerprint density at radius 1 is 1.14 bits per heavy atom. The quantitative estimate of drug-likeness (QED) is 0.887. The highest BCUT2D eigenvalue weighted by Crippen LogP contribution is 2.30. The molecule has 0 spiro atoms. The van der Waals surface area contributed by atoms with Crippen LogP contribution in [0.25, 0.3) is 10.9 Å². The van der Waals surface area contributed by atoms with Crippen LogP contribution >= 0.6 is 0 Å². The number of likely N-dealkylation sites (N-methyl/N-ethyl adjacent to an activating group) is 1. The molecule has 2 amide bonds.